The van der Waals surface area contributed by atoms with Crippen molar-refractivity contribution in [2.24, 2.45) is 0 Å². The van der Waals surface area contributed by atoms with Crippen molar-refractivity contribution in [3.63, 3.8) is 0 Å². The standard InChI is InChI=1S/C43H39NO5/c45-39-35-23-13-24-36(39)28-47-41(32-17-7-2-8-18-32)43(34-21-11-4-12-22-34)49-30-38-26-14-25-37(44-38)29-48-42(33-19-9-3-10-20-33)40(46-27-35)31-15-5-1-6-16-31/h1-26,40-43,45H,27-30H2/t40-,41-,42-,43-/m1/s1. The molecule has 1 aromatic heterocycles. The van der Waals surface area contributed by atoms with E-state index in [1.165, 1.54) is 0 Å². The second kappa shape index (κ2) is 15.9. The largest absolute Gasteiger partial charge is 0.507 e. The normalized spacial score (nSPS) is 20.5. The minimum absolute atomic E-state index is 0.149. The van der Waals surface area contributed by atoms with Gasteiger partial charge in [0.05, 0.1) is 37.8 Å². The quantitative estimate of drug-likeness (QED) is 0.205. The number of rotatable bonds is 4. The van der Waals surface area contributed by atoms with Crippen molar-refractivity contribution in [1.29, 1.82) is 0 Å². The van der Waals surface area contributed by atoms with Gasteiger partial charge in [-0.1, -0.05) is 146 Å². The Labute approximate surface area is 287 Å². The molecule has 5 aromatic carbocycles. The Morgan fingerprint density at radius 1 is 0.367 bits per heavy atom. The second-order valence-electron chi connectivity index (χ2n) is 12.1. The summed E-state index contributed by atoms with van der Waals surface area (Å²) < 4.78 is 26.9. The summed E-state index contributed by atoms with van der Waals surface area (Å²) in [6.45, 7) is 0.854. The Kier molecular flexibility index (Phi) is 10.5. The third-order valence-corrected chi connectivity index (χ3v) is 8.79. The highest BCUT2D eigenvalue weighted by Crippen LogP contribution is 2.40. The van der Waals surface area contributed by atoms with Crippen molar-refractivity contribution in [3.8, 4) is 5.75 Å². The Morgan fingerprint density at radius 3 is 1.02 bits per heavy atom. The molecule has 0 aliphatic carbocycles. The number of aromatic hydroxyl groups is 1. The van der Waals surface area contributed by atoms with Crippen LogP contribution in [0.5, 0.6) is 5.75 Å². The Hall–Kier alpha value is -5.11. The van der Waals surface area contributed by atoms with E-state index in [4.69, 9.17) is 23.9 Å². The van der Waals surface area contributed by atoms with Crippen LogP contribution in [-0.2, 0) is 45.4 Å². The number of para-hydroxylation sites is 1. The van der Waals surface area contributed by atoms with Gasteiger partial charge >= 0.3 is 0 Å². The van der Waals surface area contributed by atoms with E-state index in [1.807, 2.05) is 133 Å². The molecule has 6 aromatic rings. The number of hydrogen-bond donors (Lipinski definition) is 1. The molecule has 6 nitrogen and oxygen atoms in total. The third kappa shape index (κ3) is 7.96. The van der Waals surface area contributed by atoms with Gasteiger partial charge in [0.15, 0.2) is 0 Å². The van der Waals surface area contributed by atoms with Gasteiger partial charge in [0, 0.05) is 11.1 Å². The van der Waals surface area contributed by atoms with E-state index in [-0.39, 0.29) is 32.2 Å². The zero-order valence-corrected chi connectivity index (χ0v) is 27.2. The molecule has 1 aliphatic rings. The zero-order valence-electron chi connectivity index (χ0n) is 27.2. The first-order valence-corrected chi connectivity index (χ1v) is 16.6. The number of ether oxygens (including phenoxy) is 4. The van der Waals surface area contributed by atoms with E-state index in [0.29, 0.717) is 11.1 Å². The van der Waals surface area contributed by atoms with E-state index < -0.39 is 24.4 Å². The lowest BCUT2D eigenvalue weighted by atomic mass is 9.97. The van der Waals surface area contributed by atoms with Crippen molar-refractivity contribution < 1.29 is 24.1 Å². The lowest BCUT2D eigenvalue weighted by molar-refractivity contribution is -0.0947. The molecule has 1 N–H and O–H groups in total. The van der Waals surface area contributed by atoms with Gasteiger partial charge in [-0.15, -0.1) is 0 Å². The summed E-state index contributed by atoms with van der Waals surface area (Å²) in [5.74, 6) is 0.149. The molecule has 0 fully saturated rings. The van der Waals surface area contributed by atoms with E-state index in [9.17, 15) is 5.11 Å². The van der Waals surface area contributed by atoms with Crippen LogP contribution >= 0.6 is 0 Å². The highest BCUT2D eigenvalue weighted by molar-refractivity contribution is 5.40. The average molecular weight is 650 g/mol. The minimum Gasteiger partial charge on any atom is -0.507 e. The van der Waals surface area contributed by atoms with Gasteiger partial charge in [-0.05, 0) is 34.4 Å². The van der Waals surface area contributed by atoms with Crippen molar-refractivity contribution in [3.05, 3.63) is 202 Å². The maximum atomic E-state index is 11.6. The van der Waals surface area contributed by atoms with Gasteiger partial charge in [-0.3, -0.25) is 4.98 Å². The summed E-state index contributed by atoms with van der Waals surface area (Å²) in [5.41, 5.74) is 6.80. The molecule has 4 atom stereocenters. The average Bonchev–Trinajstić information content (AvgIpc) is 3.16. The molecule has 246 valence electrons. The number of phenolic OH excluding ortho intramolecular Hbond substituents is 1. The molecule has 1 aliphatic heterocycles. The maximum absolute atomic E-state index is 11.6. The Bertz CT molecular complexity index is 1770. The minimum atomic E-state index is -0.470. The summed E-state index contributed by atoms with van der Waals surface area (Å²) in [6.07, 6.45) is -1.84. The first kappa shape index (κ1) is 32.4. The van der Waals surface area contributed by atoms with E-state index in [2.05, 4.69) is 24.3 Å². The summed E-state index contributed by atoms with van der Waals surface area (Å²) in [6, 6.07) is 52.0. The molecule has 0 spiro atoms. The third-order valence-electron chi connectivity index (χ3n) is 8.79. The van der Waals surface area contributed by atoms with Crippen LogP contribution in [0.2, 0.25) is 0 Å². The van der Waals surface area contributed by atoms with Crippen LogP contribution in [0, 0.1) is 0 Å². The number of pyridine rings is 1. The predicted molar refractivity (Wildman–Crippen MR) is 188 cm³/mol. The zero-order chi connectivity index (χ0) is 33.3. The van der Waals surface area contributed by atoms with Crippen LogP contribution < -0.4 is 0 Å². The number of nitrogens with zero attached hydrogens (tertiary/aromatic N) is 1. The van der Waals surface area contributed by atoms with Gasteiger partial charge in [0.2, 0.25) is 0 Å². The van der Waals surface area contributed by atoms with Crippen LogP contribution in [0.1, 0.15) is 69.2 Å². The van der Waals surface area contributed by atoms with E-state index in [0.717, 1.165) is 33.6 Å². The highest BCUT2D eigenvalue weighted by Gasteiger charge is 2.30. The van der Waals surface area contributed by atoms with E-state index >= 15 is 0 Å². The fourth-order valence-electron chi connectivity index (χ4n) is 6.28. The lowest BCUT2D eigenvalue weighted by Gasteiger charge is -2.30. The Morgan fingerprint density at radius 2 is 0.673 bits per heavy atom. The molecule has 7 rings (SSSR count). The number of fused-ring (bicyclic) bond motifs is 4. The van der Waals surface area contributed by atoms with Gasteiger partial charge in [-0.25, -0.2) is 0 Å². The first-order valence-electron chi connectivity index (χ1n) is 16.6. The first-order chi connectivity index (χ1) is 24.2. The molecule has 4 bridgehead atoms. The molecule has 2 heterocycles. The number of aromatic nitrogens is 1. The monoisotopic (exact) mass is 649 g/mol. The maximum Gasteiger partial charge on any atom is 0.126 e. The molecule has 6 heteroatoms. The molecule has 0 unspecified atom stereocenters. The Balaban J connectivity index is 1.30. The van der Waals surface area contributed by atoms with Crippen LogP contribution in [0.3, 0.4) is 0 Å². The number of phenols is 1. The topological polar surface area (TPSA) is 70.0 Å². The van der Waals surface area contributed by atoms with Crippen molar-refractivity contribution >= 4 is 0 Å². The van der Waals surface area contributed by atoms with Gasteiger partial charge in [0.1, 0.15) is 30.2 Å². The van der Waals surface area contributed by atoms with Crippen LogP contribution in [0.15, 0.2) is 158 Å². The van der Waals surface area contributed by atoms with Crippen LogP contribution in [0.25, 0.3) is 0 Å². The SMILES string of the molecule is Oc1c2cccc1CO[C@H](c1ccccc1)[C@@H](c1ccccc1)OCc1cccc(n1)CO[C@H](c1ccccc1)[C@@H](c1ccccc1)OC2. The highest BCUT2D eigenvalue weighted by atomic mass is 16.5. The van der Waals surface area contributed by atoms with Crippen LogP contribution in [-0.4, -0.2) is 10.1 Å². The van der Waals surface area contributed by atoms with Gasteiger partial charge < -0.3 is 24.1 Å². The van der Waals surface area contributed by atoms with Crippen molar-refractivity contribution in [2.45, 2.75) is 50.8 Å². The van der Waals surface area contributed by atoms with Gasteiger partial charge in [0.25, 0.3) is 0 Å². The predicted octanol–water partition coefficient (Wildman–Crippen LogP) is 9.53. The lowest BCUT2D eigenvalue weighted by Crippen LogP contribution is -2.20. The molecule has 49 heavy (non-hydrogen) atoms. The summed E-state index contributed by atoms with van der Waals surface area (Å²) >= 11 is 0. The molecular formula is C43H39NO5. The summed E-state index contributed by atoms with van der Waals surface area (Å²) in [5, 5.41) is 11.6. The van der Waals surface area contributed by atoms with Crippen LogP contribution in [0.4, 0.5) is 0 Å². The second-order valence-corrected chi connectivity index (χ2v) is 12.1. The molecular weight excluding hydrogens is 610 g/mol. The summed E-state index contributed by atoms with van der Waals surface area (Å²) in [7, 11) is 0. The molecule has 0 radical (unpaired) electrons. The molecule has 0 saturated carbocycles. The van der Waals surface area contributed by atoms with E-state index in [1.54, 1.807) is 0 Å². The van der Waals surface area contributed by atoms with Gasteiger partial charge in [-0.2, -0.15) is 0 Å². The fraction of sp³-hybridized carbons (Fsp3) is 0.186. The fourth-order valence-corrected chi connectivity index (χ4v) is 6.28. The molecule has 0 amide bonds. The summed E-state index contributed by atoms with van der Waals surface area (Å²) in [4.78, 5) is 4.95. The number of benzene rings is 5. The van der Waals surface area contributed by atoms with Crippen molar-refractivity contribution in [1.82, 2.24) is 4.98 Å². The number of hydrogen-bond acceptors (Lipinski definition) is 6. The van der Waals surface area contributed by atoms with Crippen molar-refractivity contribution in [2.75, 3.05) is 0 Å². The smallest absolute Gasteiger partial charge is 0.126 e. The molecule has 0 saturated heterocycles.